The summed E-state index contributed by atoms with van der Waals surface area (Å²) in [5.41, 5.74) is 0. The van der Waals surface area contributed by atoms with Gasteiger partial charge in [-0.05, 0) is 18.1 Å². The Morgan fingerprint density at radius 2 is 1.64 bits per heavy atom. The third-order valence-electron chi connectivity index (χ3n) is 4.16. The fourth-order valence-corrected chi connectivity index (χ4v) is 4.16. The summed E-state index contributed by atoms with van der Waals surface area (Å²) in [6, 6.07) is 8.20. The van der Waals surface area contributed by atoms with E-state index in [1.165, 1.54) is 0 Å². The maximum Gasteiger partial charge on any atom is 0.178 e. The Kier molecular flexibility index (Phi) is 6.78. The van der Waals surface area contributed by atoms with E-state index in [9.17, 15) is 18.6 Å². The van der Waals surface area contributed by atoms with Crippen molar-refractivity contribution < 1.29 is 18.6 Å². The van der Waals surface area contributed by atoms with Crippen LogP contribution in [0.25, 0.3) is 0 Å². The van der Waals surface area contributed by atoms with Crippen molar-refractivity contribution >= 4 is 9.84 Å². The maximum atomic E-state index is 12.3. The average molecular weight is 326 g/mol. The third-order valence-corrected chi connectivity index (χ3v) is 6.11. The van der Waals surface area contributed by atoms with Gasteiger partial charge < -0.3 is 10.2 Å². The molecule has 0 saturated heterocycles. The zero-order chi connectivity index (χ0) is 16.9. The molecule has 0 amide bonds. The summed E-state index contributed by atoms with van der Waals surface area (Å²) in [4.78, 5) is 0.252. The third kappa shape index (κ3) is 4.66. The SMILES string of the molecule is C=C[C@H](C)[C@H](O)[C@@H](C)[C@@H](O)[C@H](C)CS(=O)(=O)c1ccccc1. The summed E-state index contributed by atoms with van der Waals surface area (Å²) in [5, 5.41) is 20.5. The molecular formula is C17H26O4S. The topological polar surface area (TPSA) is 74.6 Å². The van der Waals surface area contributed by atoms with Crippen LogP contribution in [0.3, 0.4) is 0 Å². The van der Waals surface area contributed by atoms with Crippen LogP contribution in [-0.4, -0.2) is 36.6 Å². The highest BCUT2D eigenvalue weighted by Gasteiger charge is 2.32. The average Bonchev–Trinajstić information content (AvgIpc) is 2.52. The summed E-state index contributed by atoms with van der Waals surface area (Å²) < 4.78 is 24.7. The lowest BCUT2D eigenvalue weighted by molar-refractivity contribution is -0.0159. The fraction of sp³-hybridized carbons (Fsp3) is 0.529. The van der Waals surface area contributed by atoms with E-state index in [1.807, 2.05) is 6.92 Å². The minimum Gasteiger partial charge on any atom is -0.392 e. The van der Waals surface area contributed by atoms with Crippen LogP contribution in [0.15, 0.2) is 47.9 Å². The molecule has 0 aliphatic heterocycles. The van der Waals surface area contributed by atoms with Gasteiger partial charge in [0.1, 0.15) is 0 Å². The molecule has 2 N–H and O–H groups in total. The second-order valence-electron chi connectivity index (χ2n) is 6.01. The van der Waals surface area contributed by atoms with Crippen LogP contribution in [0, 0.1) is 17.8 Å². The molecule has 0 fully saturated rings. The summed E-state index contributed by atoms with van der Waals surface area (Å²) in [5.74, 6) is -1.24. The first kappa shape index (κ1) is 18.9. The van der Waals surface area contributed by atoms with Crippen LogP contribution in [0.1, 0.15) is 20.8 Å². The standard InChI is InChI=1S/C17H26O4S/c1-5-12(2)16(18)14(4)17(19)13(3)11-22(20,21)15-9-7-6-8-10-15/h5-10,12-14,16-19H,1,11H2,2-4H3/t12-,13+,14+,16-,17-/m0/s1. The van der Waals surface area contributed by atoms with E-state index in [0.29, 0.717) is 0 Å². The van der Waals surface area contributed by atoms with Gasteiger partial charge in [0.25, 0.3) is 0 Å². The Morgan fingerprint density at radius 1 is 1.09 bits per heavy atom. The number of rotatable bonds is 8. The quantitative estimate of drug-likeness (QED) is 0.719. The Morgan fingerprint density at radius 3 is 2.14 bits per heavy atom. The predicted molar refractivity (Wildman–Crippen MR) is 88.2 cm³/mol. The number of aliphatic hydroxyl groups excluding tert-OH is 2. The molecule has 5 atom stereocenters. The van der Waals surface area contributed by atoms with Crippen molar-refractivity contribution in [2.45, 2.75) is 37.9 Å². The van der Waals surface area contributed by atoms with Gasteiger partial charge in [0.05, 0.1) is 22.9 Å². The van der Waals surface area contributed by atoms with Crippen molar-refractivity contribution in [3.8, 4) is 0 Å². The number of hydrogen-bond acceptors (Lipinski definition) is 4. The minimum atomic E-state index is -3.45. The van der Waals surface area contributed by atoms with Crippen molar-refractivity contribution in [2.24, 2.45) is 17.8 Å². The fourth-order valence-electron chi connectivity index (χ4n) is 2.51. The van der Waals surface area contributed by atoms with Crippen LogP contribution in [0.5, 0.6) is 0 Å². The van der Waals surface area contributed by atoms with Gasteiger partial charge in [-0.3, -0.25) is 0 Å². The van der Waals surface area contributed by atoms with Crippen LogP contribution in [0.4, 0.5) is 0 Å². The maximum absolute atomic E-state index is 12.3. The van der Waals surface area contributed by atoms with Crippen molar-refractivity contribution in [1.82, 2.24) is 0 Å². The van der Waals surface area contributed by atoms with Gasteiger partial charge in [-0.2, -0.15) is 0 Å². The van der Waals surface area contributed by atoms with Crippen molar-refractivity contribution in [1.29, 1.82) is 0 Å². The van der Waals surface area contributed by atoms with Crippen LogP contribution in [-0.2, 0) is 9.84 Å². The summed E-state index contributed by atoms with van der Waals surface area (Å²) in [6.07, 6.45) is -0.0375. The Hall–Kier alpha value is -1.17. The molecule has 0 bridgehead atoms. The van der Waals surface area contributed by atoms with Gasteiger partial charge in [-0.1, -0.05) is 45.0 Å². The molecule has 124 valence electrons. The van der Waals surface area contributed by atoms with E-state index < -0.39 is 33.9 Å². The lowest BCUT2D eigenvalue weighted by Gasteiger charge is -2.30. The van der Waals surface area contributed by atoms with E-state index in [4.69, 9.17) is 0 Å². The van der Waals surface area contributed by atoms with Gasteiger partial charge in [-0.15, -0.1) is 6.58 Å². The van der Waals surface area contributed by atoms with E-state index in [2.05, 4.69) is 6.58 Å². The van der Waals surface area contributed by atoms with Crippen LogP contribution >= 0.6 is 0 Å². The molecule has 4 nitrogen and oxygen atoms in total. The Balaban J connectivity index is 2.79. The van der Waals surface area contributed by atoms with Gasteiger partial charge in [0.2, 0.25) is 0 Å². The molecule has 0 unspecified atom stereocenters. The van der Waals surface area contributed by atoms with E-state index in [0.717, 1.165) is 0 Å². The van der Waals surface area contributed by atoms with Crippen molar-refractivity contribution in [2.75, 3.05) is 5.75 Å². The Labute approximate surface area is 133 Å². The molecule has 1 aromatic carbocycles. The lowest BCUT2D eigenvalue weighted by Crippen LogP contribution is -2.39. The summed E-state index contributed by atoms with van der Waals surface area (Å²) in [6.45, 7) is 8.85. The number of sulfone groups is 1. The predicted octanol–water partition coefficient (Wildman–Crippen LogP) is 2.28. The highest BCUT2D eigenvalue weighted by molar-refractivity contribution is 7.91. The minimum absolute atomic E-state index is 0.155. The normalized spacial score (nSPS) is 19.0. The molecule has 22 heavy (non-hydrogen) atoms. The molecule has 0 radical (unpaired) electrons. The zero-order valence-corrected chi connectivity index (χ0v) is 14.2. The zero-order valence-electron chi connectivity index (χ0n) is 13.4. The van der Waals surface area contributed by atoms with Crippen LogP contribution < -0.4 is 0 Å². The molecule has 0 aliphatic rings. The van der Waals surface area contributed by atoms with Crippen molar-refractivity contribution in [3.05, 3.63) is 43.0 Å². The monoisotopic (exact) mass is 326 g/mol. The number of benzene rings is 1. The molecule has 0 heterocycles. The molecule has 0 aliphatic carbocycles. The van der Waals surface area contributed by atoms with E-state index in [1.54, 1.807) is 50.3 Å². The highest BCUT2D eigenvalue weighted by Crippen LogP contribution is 2.24. The molecule has 1 aromatic rings. The Bertz CT molecular complexity index is 568. The number of aliphatic hydroxyl groups is 2. The summed E-state index contributed by atoms with van der Waals surface area (Å²) >= 11 is 0. The molecular weight excluding hydrogens is 300 g/mol. The van der Waals surface area contributed by atoms with E-state index >= 15 is 0 Å². The molecule has 1 rings (SSSR count). The molecule has 0 aromatic heterocycles. The first-order valence-corrected chi connectivity index (χ1v) is 9.12. The molecule has 0 saturated carbocycles. The van der Waals surface area contributed by atoms with Crippen LogP contribution in [0.2, 0.25) is 0 Å². The first-order valence-electron chi connectivity index (χ1n) is 7.47. The van der Waals surface area contributed by atoms with Gasteiger partial charge in [0.15, 0.2) is 9.84 Å². The van der Waals surface area contributed by atoms with Crippen molar-refractivity contribution in [3.63, 3.8) is 0 Å². The summed E-state index contributed by atoms with van der Waals surface area (Å²) in [7, 11) is -3.45. The second-order valence-corrected chi connectivity index (χ2v) is 8.04. The molecule has 0 spiro atoms. The highest BCUT2D eigenvalue weighted by atomic mass is 32.2. The van der Waals surface area contributed by atoms with Gasteiger partial charge in [-0.25, -0.2) is 8.42 Å². The largest absolute Gasteiger partial charge is 0.392 e. The van der Waals surface area contributed by atoms with Gasteiger partial charge >= 0.3 is 0 Å². The number of hydrogen-bond donors (Lipinski definition) is 2. The smallest absolute Gasteiger partial charge is 0.178 e. The van der Waals surface area contributed by atoms with E-state index in [-0.39, 0.29) is 16.6 Å². The second kappa shape index (κ2) is 7.90. The first-order chi connectivity index (χ1) is 10.2. The lowest BCUT2D eigenvalue weighted by atomic mass is 9.85. The molecule has 5 heteroatoms. The van der Waals surface area contributed by atoms with Gasteiger partial charge in [0, 0.05) is 11.8 Å².